The number of halogens is 3. The van der Waals surface area contributed by atoms with E-state index in [4.69, 9.17) is 25.8 Å². The molecule has 0 aliphatic rings. The first kappa shape index (κ1) is 32.8. The van der Waals surface area contributed by atoms with Crippen molar-refractivity contribution in [2.24, 2.45) is 0 Å². The van der Waals surface area contributed by atoms with Crippen molar-refractivity contribution in [1.29, 1.82) is 0 Å². The second-order valence-electron chi connectivity index (χ2n) is 10.5. The van der Waals surface area contributed by atoms with Crippen LogP contribution in [-0.2, 0) is 39.1 Å². The van der Waals surface area contributed by atoms with Gasteiger partial charge < -0.3 is 23.9 Å². The molecule has 46 heavy (non-hydrogen) atoms. The minimum atomic E-state index is -3.89. The highest BCUT2D eigenvalue weighted by atomic mass is 35.5. The van der Waals surface area contributed by atoms with Crippen LogP contribution in [0.25, 0.3) is 21.7 Å². The smallest absolute Gasteiger partial charge is 0.326 e. The first-order valence-corrected chi connectivity index (χ1v) is 16.2. The SMILES string of the molecule is CCOC(=O)Cn1cc2c(N(C)S(C)(=O)=O)c3cc(Cc4cc(Cl)c(F)cc4F)cnc3c(OCc3ccc(OC)cc3)c2c1O. The standard InChI is InChI=1S/C32H30ClF2N3O7S/c1-5-44-27(39)16-38-15-23-28(32(38)40)31(45-17-18-6-8-21(43-3)9-7-18)29-22(30(23)37(2)46(4,41)42)11-19(14-36-29)10-20-12-24(33)26(35)13-25(20)34/h6-9,11-15,40H,5,10,16-17H2,1-4H3. The predicted octanol–water partition coefficient (Wildman–Crippen LogP) is 5.96. The molecule has 0 radical (unpaired) electrons. The maximum absolute atomic E-state index is 14.7. The number of nitrogens with zero attached hydrogens (tertiary/aromatic N) is 3. The number of carbonyl (C=O) groups is 1. The fourth-order valence-electron chi connectivity index (χ4n) is 5.09. The Morgan fingerprint density at radius 3 is 2.46 bits per heavy atom. The number of ether oxygens (including phenoxy) is 3. The van der Waals surface area contributed by atoms with E-state index in [-0.39, 0.29) is 70.4 Å². The van der Waals surface area contributed by atoms with Gasteiger partial charge in [-0.1, -0.05) is 23.7 Å². The van der Waals surface area contributed by atoms with E-state index >= 15 is 0 Å². The number of benzene rings is 3. The minimum absolute atomic E-state index is 0.0284. The molecule has 0 spiro atoms. The summed E-state index contributed by atoms with van der Waals surface area (Å²) in [5, 5.41) is 11.8. The zero-order valence-corrected chi connectivity index (χ0v) is 26.9. The van der Waals surface area contributed by atoms with E-state index in [2.05, 4.69) is 4.98 Å². The Morgan fingerprint density at radius 2 is 1.80 bits per heavy atom. The van der Waals surface area contributed by atoms with E-state index in [0.29, 0.717) is 22.8 Å². The van der Waals surface area contributed by atoms with Crippen LogP contribution in [0.5, 0.6) is 17.4 Å². The number of aromatic hydroxyl groups is 1. The van der Waals surface area contributed by atoms with Crippen LogP contribution >= 0.6 is 11.6 Å². The molecule has 3 aromatic carbocycles. The molecule has 0 fully saturated rings. The van der Waals surface area contributed by atoms with E-state index in [1.165, 1.54) is 30.1 Å². The van der Waals surface area contributed by atoms with E-state index in [9.17, 15) is 27.1 Å². The zero-order valence-electron chi connectivity index (χ0n) is 25.3. The van der Waals surface area contributed by atoms with Gasteiger partial charge in [0.25, 0.3) is 0 Å². The average Bonchev–Trinajstić information content (AvgIpc) is 3.32. The van der Waals surface area contributed by atoms with Crippen molar-refractivity contribution in [3.63, 3.8) is 0 Å². The monoisotopic (exact) mass is 673 g/mol. The van der Waals surface area contributed by atoms with Gasteiger partial charge in [-0.2, -0.15) is 0 Å². The van der Waals surface area contributed by atoms with Gasteiger partial charge in [0.05, 0.1) is 36.1 Å². The summed E-state index contributed by atoms with van der Waals surface area (Å²) in [6.07, 6.45) is 3.85. The van der Waals surface area contributed by atoms with Crippen molar-refractivity contribution in [3.05, 3.63) is 88.2 Å². The summed E-state index contributed by atoms with van der Waals surface area (Å²) in [4.78, 5) is 17.0. The van der Waals surface area contributed by atoms with E-state index in [1.807, 2.05) is 0 Å². The lowest BCUT2D eigenvalue weighted by molar-refractivity contribution is -0.143. The number of carbonyl (C=O) groups excluding carboxylic acids is 1. The van der Waals surface area contributed by atoms with Gasteiger partial charge in [0.2, 0.25) is 15.9 Å². The van der Waals surface area contributed by atoms with E-state index < -0.39 is 27.6 Å². The lowest BCUT2D eigenvalue weighted by atomic mass is 10.0. The maximum Gasteiger partial charge on any atom is 0.326 e. The highest BCUT2D eigenvalue weighted by molar-refractivity contribution is 7.92. The molecule has 0 aliphatic carbocycles. The quantitative estimate of drug-likeness (QED) is 0.135. The lowest BCUT2D eigenvalue weighted by Crippen LogP contribution is -2.25. The number of anilines is 1. The van der Waals surface area contributed by atoms with Gasteiger partial charge in [0, 0.05) is 42.7 Å². The summed E-state index contributed by atoms with van der Waals surface area (Å²) < 4.78 is 73.2. The van der Waals surface area contributed by atoms with Gasteiger partial charge in [0.15, 0.2) is 5.75 Å². The summed E-state index contributed by atoms with van der Waals surface area (Å²) in [6.45, 7) is 1.43. The van der Waals surface area contributed by atoms with Crippen molar-refractivity contribution < 1.29 is 41.3 Å². The van der Waals surface area contributed by atoms with Crippen LogP contribution in [0.4, 0.5) is 14.5 Å². The summed E-state index contributed by atoms with van der Waals surface area (Å²) in [7, 11) is -0.998. The summed E-state index contributed by atoms with van der Waals surface area (Å²) in [5.41, 5.74) is 1.63. The predicted molar refractivity (Wildman–Crippen MR) is 170 cm³/mol. The van der Waals surface area contributed by atoms with Gasteiger partial charge >= 0.3 is 5.97 Å². The number of sulfonamides is 1. The highest BCUT2D eigenvalue weighted by Gasteiger charge is 2.28. The topological polar surface area (TPSA) is 120 Å². The molecule has 2 heterocycles. The molecule has 5 rings (SSSR count). The molecule has 1 N–H and O–H groups in total. The third kappa shape index (κ3) is 6.51. The zero-order chi connectivity index (χ0) is 33.3. The number of fused-ring (bicyclic) bond motifs is 2. The van der Waals surface area contributed by atoms with Crippen LogP contribution in [0.1, 0.15) is 23.6 Å². The van der Waals surface area contributed by atoms with Gasteiger partial charge in [-0.25, -0.2) is 17.2 Å². The van der Waals surface area contributed by atoms with Crippen molar-refractivity contribution in [3.8, 4) is 17.4 Å². The number of aromatic nitrogens is 2. The van der Waals surface area contributed by atoms with Crippen LogP contribution in [0.2, 0.25) is 5.02 Å². The fraction of sp³-hybridized carbons (Fsp3) is 0.250. The molecule has 10 nitrogen and oxygen atoms in total. The Labute approximate surface area is 268 Å². The third-order valence-electron chi connectivity index (χ3n) is 7.39. The van der Waals surface area contributed by atoms with Gasteiger partial charge in [-0.3, -0.25) is 14.1 Å². The second kappa shape index (κ2) is 13.0. The lowest BCUT2D eigenvalue weighted by Gasteiger charge is -2.22. The molecule has 2 aromatic heterocycles. The molecular weight excluding hydrogens is 644 g/mol. The van der Waals surface area contributed by atoms with Gasteiger partial charge in [0.1, 0.15) is 36.1 Å². The molecule has 0 unspecified atom stereocenters. The molecule has 14 heteroatoms. The van der Waals surface area contributed by atoms with Gasteiger partial charge in [-0.15, -0.1) is 0 Å². The van der Waals surface area contributed by atoms with Crippen molar-refractivity contribution >= 4 is 55.0 Å². The normalized spacial score (nSPS) is 11.6. The Morgan fingerprint density at radius 1 is 1.09 bits per heavy atom. The van der Waals surface area contributed by atoms with Crippen LogP contribution in [0.15, 0.2) is 54.9 Å². The summed E-state index contributed by atoms with van der Waals surface area (Å²) in [6, 6.07) is 10.6. The number of hydrogen-bond donors (Lipinski definition) is 1. The van der Waals surface area contributed by atoms with Crippen molar-refractivity contribution in [2.45, 2.75) is 26.5 Å². The van der Waals surface area contributed by atoms with Crippen LogP contribution in [0, 0.1) is 11.6 Å². The number of methoxy groups -OCH3 is 1. The Hall–Kier alpha value is -4.62. The van der Waals surface area contributed by atoms with Crippen LogP contribution in [0.3, 0.4) is 0 Å². The molecule has 0 aliphatic heterocycles. The number of pyridine rings is 1. The third-order valence-corrected chi connectivity index (χ3v) is 8.86. The number of rotatable bonds is 11. The number of esters is 1. The summed E-state index contributed by atoms with van der Waals surface area (Å²) >= 11 is 5.91. The molecule has 0 bridgehead atoms. The molecule has 0 amide bonds. The highest BCUT2D eigenvalue weighted by Crippen LogP contribution is 2.47. The Bertz CT molecular complexity index is 2070. The minimum Gasteiger partial charge on any atom is -0.497 e. The van der Waals surface area contributed by atoms with Crippen LogP contribution in [-0.4, -0.2) is 56.1 Å². The first-order chi connectivity index (χ1) is 21.8. The first-order valence-electron chi connectivity index (χ1n) is 14.0. The summed E-state index contributed by atoms with van der Waals surface area (Å²) in [5.74, 6) is -1.94. The second-order valence-corrected chi connectivity index (χ2v) is 12.9. The molecule has 242 valence electrons. The molecule has 0 atom stereocenters. The van der Waals surface area contributed by atoms with Crippen LogP contribution < -0.4 is 13.8 Å². The number of hydrogen-bond acceptors (Lipinski definition) is 8. The molecule has 0 saturated carbocycles. The van der Waals surface area contributed by atoms with Crippen molar-refractivity contribution in [1.82, 2.24) is 9.55 Å². The largest absolute Gasteiger partial charge is 0.497 e. The Balaban J connectivity index is 1.76. The van der Waals surface area contributed by atoms with Gasteiger partial charge in [-0.05, 0) is 47.9 Å². The van der Waals surface area contributed by atoms with E-state index in [1.54, 1.807) is 44.4 Å². The molecule has 5 aromatic rings. The molecule has 0 saturated heterocycles. The van der Waals surface area contributed by atoms with E-state index in [0.717, 1.165) is 16.1 Å². The molecular formula is C32H30ClF2N3O7S. The fourth-order valence-corrected chi connectivity index (χ4v) is 5.80. The Kier molecular flexibility index (Phi) is 9.27. The maximum atomic E-state index is 14.7. The van der Waals surface area contributed by atoms with Crippen molar-refractivity contribution in [2.75, 3.05) is 31.3 Å². The average molecular weight is 674 g/mol.